The van der Waals surface area contributed by atoms with Crippen LogP contribution in [0.4, 0.5) is 11.4 Å². The van der Waals surface area contributed by atoms with Crippen LogP contribution in [-0.4, -0.2) is 24.9 Å². The molecule has 1 saturated heterocycles. The maximum Gasteiger partial charge on any atom is 0.231 e. The minimum atomic E-state index is -0.365. The number of nitrogens with one attached hydrogen (secondary N) is 3. The zero-order valence-corrected chi connectivity index (χ0v) is 12.2. The lowest BCUT2D eigenvalue weighted by Crippen LogP contribution is -2.35. The molecule has 1 atom stereocenters. The maximum absolute atomic E-state index is 12.4. The number of benzene rings is 1. The minimum absolute atomic E-state index is 0.0191. The van der Waals surface area contributed by atoms with E-state index in [4.69, 9.17) is 0 Å². The van der Waals surface area contributed by atoms with Gasteiger partial charge in [-0.2, -0.15) is 0 Å². The van der Waals surface area contributed by atoms with E-state index >= 15 is 0 Å². The van der Waals surface area contributed by atoms with E-state index in [1.165, 1.54) is 6.92 Å². The van der Waals surface area contributed by atoms with Gasteiger partial charge in [0.15, 0.2) is 0 Å². The van der Waals surface area contributed by atoms with Crippen molar-refractivity contribution in [2.24, 2.45) is 5.41 Å². The molecular formula is C15H21N3O2. The lowest BCUT2D eigenvalue weighted by atomic mass is 9.88. The zero-order chi connectivity index (χ0) is 14.8. The third kappa shape index (κ3) is 3.17. The summed E-state index contributed by atoms with van der Waals surface area (Å²) in [4.78, 5) is 23.5. The van der Waals surface area contributed by atoms with Crippen molar-refractivity contribution < 1.29 is 9.59 Å². The molecule has 0 aliphatic carbocycles. The molecule has 1 aromatic rings. The first kappa shape index (κ1) is 14.5. The van der Waals surface area contributed by atoms with Crippen molar-refractivity contribution >= 4 is 23.2 Å². The Kier molecular flexibility index (Phi) is 4.09. The van der Waals surface area contributed by atoms with Gasteiger partial charge in [-0.3, -0.25) is 9.59 Å². The van der Waals surface area contributed by atoms with Crippen LogP contribution in [0.1, 0.15) is 25.8 Å². The van der Waals surface area contributed by atoms with Crippen LogP contribution in [0.2, 0.25) is 0 Å². The van der Waals surface area contributed by atoms with Crippen LogP contribution in [0, 0.1) is 12.3 Å². The van der Waals surface area contributed by atoms with Gasteiger partial charge in [0.1, 0.15) is 0 Å². The number of hydrogen-bond donors (Lipinski definition) is 3. The van der Waals surface area contributed by atoms with Crippen molar-refractivity contribution in [1.82, 2.24) is 5.32 Å². The summed E-state index contributed by atoms with van der Waals surface area (Å²) in [5.74, 6) is -0.108. The first-order valence-corrected chi connectivity index (χ1v) is 6.81. The molecule has 1 fully saturated rings. The van der Waals surface area contributed by atoms with Crippen molar-refractivity contribution in [2.75, 3.05) is 23.7 Å². The fourth-order valence-electron chi connectivity index (χ4n) is 2.32. The second kappa shape index (κ2) is 5.63. The molecule has 1 aliphatic rings. The highest BCUT2D eigenvalue weighted by atomic mass is 16.2. The van der Waals surface area contributed by atoms with Crippen LogP contribution in [0.5, 0.6) is 0 Å². The Labute approximate surface area is 119 Å². The Morgan fingerprint density at radius 1 is 1.30 bits per heavy atom. The molecule has 5 heteroatoms. The summed E-state index contributed by atoms with van der Waals surface area (Å²) in [5, 5.41) is 8.91. The molecule has 20 heavy (non-hydrogen) atoms. The quantitative estimate of drug-likeness (QED) is 0.789. The minimum Gasteiger partial charge on any atom is -0.326 e. The Bertz CT molecular complexity index is 534. The van der Waals surface area contributed by atoms with E-state index in [0.29, 0.717) is 12.2 Å². The second-order valence-electron chi connectivity index (χ2n) is 5.65. The van der Waals surface area contributed by atoms with Gasteiger partial charge in [-0.15, -0.1) is 0 Å². The number of amides is 2. The fraction of sp³-hybridized carbons (Fsp3) is 0.467. The average molecular weight is 275 g/mol. The number of aryl methyl sites for hydroxylation is 1. The maximum atomic E-state index is 12.4. The lowest BCUT2D eigenvalue weighted by Gasteiger charge is -2.22. The highest BCUT2D eigenvalue weighted by molar-refractivity contribution is 5.97. The predicted molar refractivity (Wildman–Crippen MR) is 79.7 cm³/mol. The Morgan fingerprint density at radius 2 is 2.05 bits per heavy atom. The average Bonchev–Trinajstić information content (AvgIpc) is 2.81. The molecule has 1 heterocycles. The van der Waals surface area contributed by atoms with E-state index in [2.05, 4.69) is 16.0 Å². The van der Waals surface area contributed by atoms with E-state index < -0.39 is 0 Å². The van der Waals surface area contributed by atoms with Gasteiger partial charge >= 0.3 is 0 Å². The largest absolute Gasteiger partial charge is 0.326 e. The molecule has 0 spiro atoms. The van der Waals surface area contributed by atoms with Gasteiger partial charge in [0, 0.05) is 24.8 Å². The van der Waals surface area contributed by atoms with E-state index in [1.807, 2.05) is 26.0 Å². The Hall–Kier alpha value is -1.88. The summed E-state index contributed by atoms with van der Waals surface area (Å²) < 4.78 is 0. The van der Waals surface area contributed by atoms with Gasteiger partial charge < -0.3 is 16.0 Å². The first-order valence-electron chi connectivity index (χ1n) is 6.81. The normalized spacial score (nSPS) is 21.6. The summed E-state index contributed by atoms with van der Waals surface area (Å²) >= 11 is 0. The molecular weight excluding hydrogens is 254 g/mol. The van der Waals surface area contributed by atoms with Gasteiger partial charge in [0.2, 0.25) is 11.8 Å². The molecule has 1 aliphatic heterocycles. The van der Waals surface area contributed by atoms with Gasteiger partial charge in [-0.05, 0) is 44.5 Å². The number of carbonyl (C=O) groups is 2. The van der Waals surface area contributed by atoms with Crippen LogP contribution in [0.15, 0.2) is 18.2 Å². The van der Waals surface area contributed by atoms with Gasteiger partial charge in [0.05, 0.1) is 5.41 Å². The first-order chi connectivity index (χ1) is 9.40. The Morgan fingerprint density at radius 3 is 2.65 bits per heavy atom. The van der Waals surface area contributed by atoms with Gasteiger partial charge in [-0.1, -0.05) is 6.07 Å². The molecule has 0 radical (unpaired) electrons. The van der Waals surface area contributed by atoms with Crippen molar-refractivity contribution in [1.29, 1.82) is 0 Å². The highest BCUT2D eigenvalue weighted by Crippen LogP contribution is 2.28. The molecule has 5 nitrogen and oxygen atoms in total. The summed E-state index contributed by atoms with van der Waals surface area (Å²) in [6.07, 6.45) is 0.837. The number of carbonyl (C=O) groups excluding carboxylic acids is 2. The topological polar surface area (TPSA) is 70.2 Å². The van der Waals surface area contributed by atoms with Gasteiger partial charge in [-0.25, -0.2) is 0 Å². The molecule has 2 amide bonds. The van der Waals surface area contributed by atoms with Crippen molar-refractivity contribution in [3.8, 4) is 0 Å². The fourth-order valence-corrected chi connectivity index (χ4v) is 2.32. The molecule has 1 aromatic carbocycles. The number of anilines is 2. The molecule has 3 N–H and O–H groups in total. The highest BCUT2D eigenvalue weighted by Gasteiger charge is 2.36. The standard InChI is InChI=1S/C15H21N3O2/c1-10-4-5-12(17-11(2)19)8-13(10)18-14(20)15(3)6-7-16-9-15/h4-5,8,16H,6-7,9H2,1-3H3,(H,17,19)(H,18,20). The van der Waals surface area contributed by atoms with Crippen LogP contribution in [0.3, 0.4) is 0 Å². The van der Waals surface area contributed by atoms with E-state index in [9.17, 15) is 9.59 Å². The summed E-state index contributed by atoms with van der Waals surface area (Å²) in [6, 6.07) is 5.50. The molecule has 1 unspecified atom stereocenters. The van der Waals surface area contributed by atoms with Crippen LogP contribution < -0.4 is 16.0 Å². The van der Waals surface area contributed by atoms with Crippen molar-refractivity contribution in [2.45, 2.75) is 27.2 Å². The molecule has 0 bridgehead atoms. The third-order valence-electron chi connectivity index (χ3n) is 3.72. The number of hydrogen-bond acceptors (Lipinski definition) is 3. The zero-order valence-electron chi connectivity index (χ0n) is 12.2. The lowest BCUT2D eigenvalue weighted by molar-refractivity contribution is -0.123. The third-order valence-corrected chi connectivity index (χ3v) is 3.72. The van der Waals surface area contributed by atoms with Crippen molar-refractivity contribution in [3.05, 3.63) is 23.8 Å². The van der Waals surface area contributed by atoms with Crippen LogP contribution in [0.25, 0.3) is 0 Å². The molecule has 0 aromatic heterocycles. The SMILES string of the molecule is CC(=O)Nc1ccc(C)c(NC(=O)C2(C)CCNC2)c1. The summed E-state index contributed by atoms with van der Waals surface area (Å²) in [5.41, 5.74) is 2.04. The molecule has 108 valence electrons. The van der Waals surface area contributed by atoms with E-state index in [-0.39, 0.29) is 17.2 Å². The van der Waals surface area contributed by atoms with Crippen LogP contribution >= 0.6 is 0 Å². The van der Waals surface area contributed by atoms with Crippen LogP contribution in [-0.2, 0) is 9.59 Å². The van der Waals surface area contributed by atoms with Crippen molar-refractivity contribution in [3.63, 3.8) is 0 Å². The predicted octanol–water partition coefficient (Wildman–Crippen LogP) is 1.89. The second-order valence-corrected chi connectivity index (χ2v) is 5.65. The smallest absolute Gasteiger partial charge is 0.231 e. The van der Waals surface area contributed by atoms with E-state index in [0.717, 1.165) is 24.2 Å². The summed E-state index contributed by atoms with van der Waals surface area (Å²) in [7, 11) is 0. The van der Waals surface area contributed by atoms with E-state index in [1.54, 1.807) is 6.07 Å². The van der Waals surface area contributed by atoms with Gasteiger partial charge in [0.25, 0.3) is 0 Å². The molecule has 0 saturated carbocycles. The summed E-state index contributed by atoms with van der Waals surface area (Å²) in [6.45, 7) is 6.93. The number of rotatable bonds is 3. The Balaban J connectivity index is 2.15. The molecule has 2 rings (SSSR count). The monoisotopic (exact) mass is 275 g/mol.